The number of ether oxygens (including phenoxy) is 1. The molecule has 1 fully saturated rings. The molecule has 1 saturated carbocycles. The molecule has 2 aromatic heterocycles. The Labute approximate surface area is 129 Å². The molecule has 0 spiro atoms. The molecule has 2 heterocycles. The molecule has 0 bridgehead atoms. The molecule has 0 aliphatic heterocycles. The Balaban J connectivity index is 2.04. The number of nitrogens with zero attached hydrogens (tertiary/aromatic N) is 3. The van der Waals surface area contributed by atoms with Crippen molar-refractivity contribution in [1.29, 1.82) is 0 Å². The minimum atomic E-state index is -0.0880. The normalized spacial score (nSPS) is 16.0. The van der Waals surface area contributed by atoms with Crippen molar-refractivity contribution in [2.75, 3.05) is 13.7 Å². The van der Waals surface area contributed by atoms with E-state index in [1.807, 2.05) is 27.0 Å². The maximum atomic E-state index is 12.7. The molecular formula is C16H22N4O2. The molecule has 1 unspecified atom stereocenters. The van der Waals surface area contributed by atoms with Crippen LogP contribution >= 0.6 is 0 Å². The van der Waals surface area contributed by atoms with Crippen molar-refractivity contribution < 1.29 is 9.53 Å². The van der Waals surface area contributed by atoms with Crippen LogP contribution in [-0.4, -0.2) is 40.4 Å². The molecule has 0 aromatic carbocycles. The van der Waals surface area contributed by atoms with E-state index in [9.17, 15) is 4.79 Å². The first-order chi connectivity index (χ1) is 10.5. The van der Waals surface area contributed by atoms with E-state index in [1.54, 1.807) is 11.8 Å². The van der Waals surface area contributed by atoms with Gasteiger partial charge < -0.3 is 10.1 Å². The van der Waals surface area contributed by atoms with Gasteiger partial charge >= 0.3 is 0 Å². The zero-order chi connectivity index (χ0) is 15.9. The van der Waals surface area contributed by atoms with Crippen molar-refractivity contribution in [2.24, 2.45) is 7.05 Å². The van der Waals surface area contributed by atoms with Crippen LogP contribution in [0.5, 0.6) is 0 Å². The topological polar surface area (TPSA) is 69.0 Å². The largest absolute Gasteiger partial charge is 0.383 e. The van der Waals surface area contributed by atoms with Gasteiger partial charge in [-0.05, 0) is 32.8 Å². The molecule has 1 amide bonds. The van der Waals surface area contributed by atoms with Gasteiger partial charge in [-0.1, -0.05) is 0 Å². The highest BCUT2D eigenvalue weighted by molar-refractivity contribution is 6.06. The zero-order valence-electron chi connectivity index (χ0n) is 13.5. The number of hydrogen-bond donors (Lipinski definition) is 1. The van der Waals surface area contributed by atoms with E-state index in [2.05, 4.69) is 10.4 Å². The van der Waals surface area contributed by atoms with Crippen molar-refractivity contribution in [3.8, 4) is 0 Å². The summed E-state index contributed by atoms with van der Waals surface area (Å²) < 4.78 is 6.84. The Hall–Kier alpha value is -1.95. The van der Waals surface area contributed by atoms with Gasteiger partial charge in [0.15, 0.2) is 5.65 Å². The van der Waals surface area contributed by atoms with Gasteiger partial charge in [0.1, 0.15) is 0 Å². The third-order valence-corrected chi connectivity index (χ3v) is 4.02. The number of aryl methyl sites for hydroxylation is 2. The highest BCUT2D eigenvalue weighted by Crippen LogP contribution is 2.40. The second-order valence-electron chi connectivity index (χ2n) is 6.11. The molecule has 0 radical (unpaired) electrons. The zero-order valence-corrected chi connectivity index (χ0v) is 13.5. The molecule has 1 aliphatic carbocycles. The summed E-state index contributed by atoms with van der Waals surface area (Å²) in [5.41, 5.74) is 3.28. The average Bonchev–Trinajstić information content (AvgIpc) is 3.26. The number of rotatable bonds is 5. The number of amides is 1. The monoisotopic (exact) mass is 302 g/mol. The van der Waals surface area contributed by atoms with Crippen LogP contribution in [0, 0.1) is 6.92 Å². The maximum Gasteiger partial charge on any atom is 0.252 e. The van der Waals surface area contributed by atoms with E-state index in [0.717, 1.165) is 35.3 Å². The molecule has 3 rings (SSSR count). The summed E-state index contributed by atoms with van der Waals surface area (Å²) >= 11 is 0. The highest BCUT2D eigenvalue weighted by atomic mass is 16.5. The van der Waals surface area contributed by atoms with Crippen LogP contribution in [0.4, 0.5) is 0 Å². The van der Waals surface area contributed by atoms with Crippen molar-refractivity contribution >= 4 is 16.9 Å². The maximum absolute atomic E-state index is 12.7. The lowest BCUT2D eigenvalue weighted by molar-refractivity contribution is 0.0907. The van der Waals surface area contributed by atoms with Crippen molar-refractivity contribution in [2.45, 2.75) is 38.6 Å². The third kappa shape index (κ3) is 2.70. The number of fused-ring (bicyclic) bond motifs is 1. The SMILES string of the molecule is COCC(C)NC(=O)c1cc(C2CC2)nc2c1c(C)nn2C. The third-order valence-electron chi connectivity index (χ3n) is 4.02. The lowest BCUT2D eigenvalue weighted by Gasteiger charge is -2.14. The van der Waals surface area contributed by atoms with Crippen LogP contribution in [0.25, 0.3) is 11.0 Å². The summed E-state index contributed by atoms with van der Waals surface area (Å²) in [4.78, 5) is 17.4. The van der Waals surface area contributed by atoms with Gasteiger partial charge in [-0.25, -0.2) is 4.98 Å². The Morgan fingerprint density at radius 2 is 2.27 bits per heavy atom. The van der Waals surface area contributed by atoms with Crippen LogP contribution in [-0.2, 0) is 11.8 Å². The summed E-state index contributed by atoms with van der Waals surface area (Å²) in [7, 11) is 3.50. The quantitative estimate of drug-likeness (QED) is 0.916. The molecule has 1 aliphatic rings. The van der Waals surface area contributed by atoms with Gasteiger partial charge in [0.05, 0.1) is 23.3 Å². The highest BCUT2D eigenvalue weighted by Gasteiger charge is 2.28. The van der Waals surface area contributed by atoms with Crippen molar-refractivity contribution in [1.82, 2.24) is 20.1 Å². The van der Waals surface area contributed by atoms with E-state index in [-0.39, 0.29) is 11.9 Å². The number of carbonyl (C=O) groups is 1. The first-order valence-electron chi connectivity index (χ1n) is 7.65. The van der Waals surface area contributed by atoms with E-state index in [4.69, 9.17) is 9.72 Å². The second-order valence-corrected chi connectivity index (χ2v) is 6.11. The van der Waals surface area contributed by atoms with Gasteiger partial charge in [-0.15, -0.1) is 0 Å². The van der Waals surface area contributed by atoms with E-state index < -0.39 is 0 Å². The summed E-state index contributed by atoms with van der Waals surface area (Å²) in [5.74, 6) is 0.400. The van der Waals surface area contributed by atoms with Crippen molar-refractivity contribution in [3.05, 3.63) is 23.0 Å². The number of nitrogens with one attached hydrogen (secondary N) is 1. The summed E-state index contributed by atoms with van der Waals surface area (Å²) in [6.07, 6.45) is 2.30. The molecular weight excluding hydrogens is 280 g/mol. The number of aromatic nitrogens is 3. The Morgan fingerprint density at radius 3 is 2.91 bits per heavy atom. The minimum Gasteiger partial charge on any atom is -0.383 e. The molecule has 1 atom stereocenters. The summed E-state index contributed by atoms with van der Waals surface area (Å²) in [5, 5.41) is 8.24. The smallest absolute Gasteiger partial charge is 0.252 e. The molecule has 2 aromatic rings. The molecule has 22 heavy (non-hydrogen) atoms. The Kier molecular flexibility index (Phi) is 3.87. The van der Waals surface area contributed by atoms with Gasteiger partial charge in [0.25, 0.3) is 5.91 Å². The van der Waals surface area contributed by atoms with Crippen molar-refractivity contribution in [3.63, 3.8) is 0 Å². The predicted molar refractivity (Wildman–Crippen MR) is 84.0 cm³/mol. The fourth-order valence-electron chi connectivity index (χ4n) is 2.82. The minimum absolute atomic E-state index is 0.0398. The van der Waals surface area contributed by atoms with Crippen LogP contribution < -0.4 is 5.32 Å². The Morgan fingerprint density at radius 1 is 1.55 bits per heavy atom. The number of carbonyl (C=O) groups excluding carboxylic acids is 1. The first-order valence-corrected chi connectivity index (χ1v) is 7.65. The standard InChI is InChI=1S/C16H22N4O2/c1-9(8-22-4)17-16(21)12-7-13(11-5-6-11)18-15-14(12)10(2)19-20(15)3/h7,9,11H,5-6,8H2,1-4H3,(H,17,21). The Bertz CT molecular complexity index is 718. The van der Waals surface area contributed by atoms with E-state index in [1.165, 1.54) is 0 Å². The van der Waals surface area contributed by atoms with Crippen LogP contribution in [0.15, 0.2) is 6.07 Å². The van der Waals surface area contributed by atoms with Crippen LogP contribution in [0.2, 0.25) is 0 Å². The van der Waals surface area contributed by atoms with E-state index in [0.29, 0.717) is 18.1 Å². The van der Waals surface area contributed by atoms with Gasteiger partial charge in [-0.3, -0.25) is 9.48 Å². The molecule has 6 heteroatoms. The second kappa shape index (κ2) is 5.68. The molecule has 6 nitrogen and oxygen atoms in total. The van der Waals surface area contributed by atoms with E-state index >= 15 is 0 Å². The fraction of sp³-hybridized carbons (Fsp3) is 0.562. The lowest BCUT2D eigenvalue weighted by Crippen LogP contribution is -2.35. The molecule has 1 N–H and O–H groups in total. The number of hydrogen-bond acceptors (Lipinski definition) is 4. The fourth-order valence-corrected chi connectivity index (χ4v) is 2.82. The molecule has 118 valence electrons. The van der Waals surface area contributed by atoms with Gasteiger partial charge in [-0.2, -0.15) is 5.10 Å². The number of methoxy groups -OCH3 is 1. The van der Waals surface area contributed by atoms with Crippen LogP contribution in [0.3, 0.4) is 0 Å². The molecule has 0 saturated heterocycles. The first kappa shape index (κ1) is 15.0. The summed E-state index contributed by atoms with van der Waals surface area (Å²) in [6.45, 7) is 4.33. The number of pyridine rings is 1. The van der Waals surface area contributed by atoms with Gasteiger partial charge in [0.2, 0.25) is 0 Å². The predicted octanol–water partition coefficient (Wildman–Crippen LogP) is 1.92. The summed E-state index contributed by atoms with van der Waals surface area (Å²) in [6, 6.07) is 1.89. The van der Waals surface area contributed by atoms with Gasteiger partial charge in [0, 0.05) is 31.8 Å². The van der Waals surface area contributed by atoms with Crippen LogP contribution in [0.1, 0.15) is 47.4 Å². The lowest BCUT2D eigenvalue weighted by atomic mass is 10.1. The average molecular weight is 302 g/mol.